The van der Waals surface area contributed by atoms with E-state index in [4.69, 9.17) is 0 Å². The number of carbonyl (C=O) groups is 1. The van der Waals surface area contributed by atoms with Crippen LogP contribution in [0.1, 0.15) is 45.5 Å². The second-order valence-electron chi connectivity index (χ2n) is 6.61. The predicted molar refractivity (Wildman–Crippen MR) is 104 cm³/mol. The number of rotatable bonds is 6. The summed E-state index contributed by atoms with van der Waals surface area (Å²) in [6.07, 6.45) is 2.55. The van der Waals surface area contributed by atoms with Crippen LogP contribution in [0.5, 0.6) is 0 Å². The van der Waals surface area contributed by atoms with Crippen molar-refractivity contribution in [1.82, 2.24) is 14.9 Å². The maximum absolute atomic E-state index is 13.6. The van der Waals surface area contributed by atoms with Crippen LogP contribution in [0.2, 0.25) is 0 Å². The Morgan fingerprint density at radius 1 is 1.19 bits per heavy atom. The van der Waals surface area contributed by atoms with Crippen LogP contribution < -0.4 is 5.32 Å². The molecule has 27 heavy (non-hydrogen) atoms. The molecule has 2 aromatic heterocycles. The van der Waals surface area contributed by atoms with E-state index in [2.05, 4.69) is 17.2 Å². The van der Waals surface area contributed by atoms with Crippen LogP contribution in [0.25, 0.3) is 0 Å². The van der Waals surface area contributed by atoms with Crippen molar-refractivity contribution < 1.29 is 9.18 Å². The van der Waals surface area contributed by atoms with Crippen molar-refractivity contribution in [1.29, 1.82) is 0 Å². The quantitative estimate of drug-likeness (QED) is 0.712. The number of benzene rings is 1. The van der Waals surface area contributed by atoms with E-state index in [-0.39, 0.29) is 11.7 Å². The standard InChI is InChI=1S/C22H24FN3O/c1-4-20-15(2)21(22(27)25-13-19-10-5-6-11-24-19)26(16(20)3)14-17-8-7-9-18(23)12-17/h5-12H,4,13-14H2,1-3H3,(H,25,27). The third-order valence-corrected chi connectivity index (χ3v) is 4.87. The van der Waals surface area contributed by atoms with E-state index in [1.165, 1.54) is 12.1 Å². The highest BCUT2D eigenvalue weighted by Gasteiger charge is 2.22. The molecule has 0 radical (unpaired) electrons. The van der Waals surface area contributed by atoms with Gasteiger partial charge in [0.15, 0.2) is 0 Å². The summed E-state index contributed by atoms with van der Waals surface area (Å²) in [4.78, 5) is 17.2. The molecule has 1 amide bonds. The number of hydrogen-bond donors (Lipinski definition) is 1. The molecule has 0 spiro atoms. The van der Waals surface area contributed by atoms with Crippen molar-refractivity contribution in [3.8, 4) is 0 Å². The van der Waals surface area contributed by atoms with E-state index in [1.807, 2.05) is 42.7 Å². The van der Waals surface area contributed by atoms with Crippen LogP contribution in [0.3, 0.4) is 0 Å². The maximum Gasteiger partial charge on any atom is 0.268 e. The first-order chi connectivity index (χ1) is 13.0. The van der Waals surface area contributed by atoms with Crippen molar-refractivity contribution in [2.75, 3.05) is 0 Å². The molecule has 1 N–H and O–H groups in total. The lowest BCUT2D eigenvalue weighted by Crippen LogP contribution is -2.27. The van der Waals surface area contributed by atoms with Gasteiger partial charge in [-0.05, 0) is 61.2 Å². The van der Waals surface area contributed by atoms with Crippen LogP contribution in [0.4, 0.5) is 4.39 Å². The molecule has 0 aliphatic heterocycles. The molecule has 2 heterocycles. The van der Waals surface area contributed by atoms with E-state index in [0.29, 0.717) is 18.8 Å². The largest absolute Gasteiger partial charge is 0.345 e. The maximum atomic E-state index is 13.6. The molecule has 0 bridgehead atoms. The Morgan fingerprint density at radius 2 is 2.00 bits per heavy atom. The summed E-state index contributed by atoms with van der Waals surface area (Å²) in [5, 5.41) is 2.96. The van der Waals surface area contributed by atoms with Crippen molar-refractivity contribution in [3.63, 3.8) is 0 Å². The van der Waals surface area contributed by atoms with Gasteiger partial charge in [0.1, 0.15) is 11.5 Å². The summed E-state index contributed by atoms with van der Waals surface area (Å²) in [7, 11) is 0. The Kier molecular flexibility index (Phi) is 5.69. The minimum atomic E-state index is -0.272. The first kappa shape index (κ1) is 18.8. The molecule has 0 aliphatic carbocycles. The number of nitrogens with zero attached hydrogens (tertiary/aromatic N) is 2. The van der Waals surface area contributed by atoms with Gasteiger partial charge in [-0.2, -0.15) is 0 Å². The number of amides is 1. The zero-order chi connectivity index (χ0) is 19.4. The summed E-state index contributed by atoms with van der Waals surface area (Å²) in [5.74, 6) is -0.414. The van der Waals surface area contributed by atoms with Gasteiger partial charge in [-0.1, -0.05) is 25.1 Å². The Hall–Kier alpha value is -2.95. The van der Waals surface area contributed by atoms with Gasteiger partial charge in [-0.3, -0.25) is 9.78 Å². The van der Waals surface area contributed by atoms with Crippen LogP contribution in [-0.4, -0.2) is 15.5 Å². The number of halogens is 1. The average molecular weight is 365 g/mol. The normalized spacial score (nSPS) is 10.8. The van der Waals surface area contributed by atoms with Crippen LogP contribution in [-0.2, 0) is 19.5 Å². The second kappa shape index (κ2) is 8.16. The summed E-state index contributed by atoms with van der Waals surface area (Å²) in [5.41, 5.74) is 5.44. The minimum absolute atomic E-state index is 0.141. The monoisotopic (exact) mass is 365 g/mol. The lowest BCUT2D eigenvalue weighted by molar-refractivity contribution is 0.0940. The molecule has 3 aromatic rings. The number of nitrogens with one attached hydrogen (secondary N) is 1. The summed E-state index contributed by atoms with van der Waals surface area (Å²) in [6.45, 7) is 6.89. The van der Waals surface area contributed by atoms with Crippen LogP contribution >= 0.6 is 0 Å². The molecular weight excluding hydrogens is 341 g/mol. The second-order valence-corrected chi connectivity index (χ2v) is 6.61. The molecular formula is C22H24FN3O. The molecule has 0 saturated carbocycles. The molecule has 0 unspecified atom stereocenters. The van der Waals surface area contributed by atoms with E-state index in [0.717, 1.165) is 34.5 Å². The summed E-state index contributed by atoms with van der Waals surface area (Å²) in [6, 6.07) is 12.1. The Labute approximate surface area is 159 Å². The van der Waals surface area contributed by atoms with E-state index in [9.17, 15) is 9.18 Å². The average Bonchev–Trinajstić information content (AvgIpc) is 2.90. The van der Waals surface area contributed by atoms with Gasteiger partial charge in [-0.25, -0.2) is 4.39 Å². The molecule has 140 valence electrons. The van der Waals surface area contributed by atoms with E-state index >= 15 is 0 Å². The van der Waals surface area contributed by atoms with E-state index in [1.54, 1.807) is 12.3 Å². The lowest BCUT2D eigenvalue weighted by Gasteiger charge is -2.13. The fourth-order valence-electron chi connectivity index (χ4n) is 3.53. The molecule has 4 nitrogen and oxygen atoms in total. The number of aromatic nitrogens is 2. The van der Waals surface area contributed by atoms with Gasteiger partial charge in [0.25, 0.3) is 5.91 Å². The van der Waals surface area contributed by atoms with Crippen molar-refractivity contribution in [3.05, 3.63) is 88.3 Å². The first-order valence-corrected chi connectivity index (χ1v) is 9.12. The highest BCUT2D eigenvalue weighted by atomic mass is 19.1. The number of carbonyl (C=O) groups excluding carboxylic acids is 1. The number of pyridine rings is 1. The topological polar surface area (TPSA) is 46.9 Å². The molecule has 1 aromatic carbocycles. The van der Waals surface area contributed by atoms with Crippen molar-refractivity contribution in [2.45, 2.75) is 40.3 Å². The highest BCUT2D eigenvalue weighted by molar-refractivity contribution is 5.95. The highest BCUT2D eigenvalue weighted by Crippen LogP contribution is 2.24. The van der Waals surface area contributed by atoms with Crippen molar-refractivity contribution >= 4 is 5.91 Å². The third-order valence-electron chi connectivity index (χ3n) is 4.87. The first-order valence-electron chi connectivity index (χ1n) is 9.12. The van der Waals surface area contributed by atoms with Gasteiger partial charge in [0, 0.05) is 18.4 Å². The minimum Gasteiger partial charge on any atom is -0.345 e. The van der Waals surface area contributed by atoms with Gasteiger partial charge < -0.3 is 9.88 Å². The molecule has 0 aliphatic rings. The van der Waals surface area contributed by atoms with E-state index < -0.39 is 0 Å². The molecule has 0 fully saturated rings. The predicted octanol–water partition coefficient (Wildman–Crippen LogP) is 4.18. The van der Waals surface area contributed by atoms with Gasteiger partial charge in [0.2, 0.25) is 0 Å². The molecule has 5 heteroatoms. The summed E-state index contributed by atoms with van der Waals surface area (Å²) >= 11 is 0. The Morgan fingerprint density at radius 3 is 2.67 bits per heavy atom. The zero-order valence-corrected chi connectivity index (χ0v) is 15.9. The third kappa shape index (κ3) is 4.08. The molecule has 0 atom stereocenters. The fourth-order valence-corrected chi connectivity index (χ4v) is 3.53. The number of hydrogen-bond acceptors (Lipinski definition) is 2. The zero-order valence-electron chi connectivity index (χ0n) is 15.9. The fraction of sp³-hybridized carbons (Fsp3) is 0.273. The lowest BCUT2D eigenvalue weighted by atomic mass is 10.1. The smallest absolute Gasteiger partial charge is 0.268 e. The van der Waals surface area contributed by atoms with Crippen LogP contribution in [0.15, 0.2) is 48.7 Å². The van der Waals surface area contributed by atoms with Crippen molar-refractivity contribution in [2.24, 2.45) is 0 Å². The van der Waals surface area contributed by atoms with Gasteiger partial charge in [0.05, 0.1) is 12.2 Å². The van der Waals surface area contributed by atoms with Gasteiger partial charge >= 0.3 is 0 Å². The SMILES string of the molecule is CCc1c(C)c(C(=O)NCc2ccccn2)n(Cc2cccc(F)c2)c1C. The Bertz CT molecular complexity index is 948. The molecule has 0 saturated heterocycles. The van der Waals surface area contributed by atoms with Gasteiger partial charge in [-0.15, -0.1) is 0 Å². The van der Waals surface area contributed by atoms with Crippen LogP contribution in [0, 0.1) is 19.7 Å². The molecule has 3 rings (SSSR count). The summed E-state index contributed by atoms with van der Waals surface area (Å²) < 4.78 is 15.6. The Balaban J connectivity index is 1.92.